The van der Waals surface area contributed by atoms with Crippen molar-refractivity contribution in [1.82, 2.24) is 10.3 Å². The Morgan fingerprint density at radius 2 is 2.04 bits per heavy atom. The van der Waals surface area contributed by atoms with E-state index in [0.717, 1.165) is 48.9 Å². The molecule has 1 fully saturated rings. The quantitative estimate of drug-likeness (QED) is 0.688. The Labute approximate surface area is 163 Å². The van der Waals surface area contributed by atoms with Crippen LogP contribution in [-0.4, -0.2) is 38.3 Å². The Morgan fingerprint density at radius 3 is 2.81 bits per heavy atom. The molecule has 1 aromatic heterocycles. The van der Waals surface area contributed by atoms with Gasteiger partial charge < -0.3 is 24.7 Å². The number of oxazole rings is 1. The minimum atomic E-state index is 0.416. The van der Waals surface area contributed by atoms with E-state index in [4.69, 9.17) is 20.8 Å². The number of benzene rings is 2. The molecule has 1 saturated heterocycles. The maximum atomic E-state index is 6.50. The normalized spacial score (nSPS) is 14.2. The summed E-state index contributed by atoms with van der Waals surface area (Å²) in [6, 6.07) is 14.0. The lowest BCUT2D eigenvalue weighted by molar-refractivity contribution is 0.415. The van der Waals surface area contributed by atoms with Gasteiger partial charge in [-0.25, -0.2) is 4.98 Å². The third kappa shape index (κ3) is 4.02. The Kier molecular flexibility index (Phi) is 5.18. The fourth-order valence-corrected chi connectivity index (χ4v) is 3.41. The molecule has 0 aliphatic carbocycles. The average molecular weight is 385 g/mol. The summed E-state index contributed by atoms with van der Waals surface area (Å²) in [5.74, 6) is 1.44. The number of rotatable bonds is 5. The van der Waals surface area contributed by atoms with E-state index in [1.165, 1.54) is 0 Å². The maximum absolute atomic E-state index is 6.50. The second kappa shape index (κ2) is 7.90. The number of hydrogen-bond donors (Lipinski definition) is 2. The molecule has 0 atom stereocenters. The Balaban J connectivity index is 1.49. The van der Waals surface area contributed by atoms with Crippen LogP contribution in [-0.2, 0) is 0 Å². The first-order valence-corrected chi connectivity index (χ1v) is 9.23. The zero-order valence-electron chi connectivity index (χ0n) is 15.0. The van der Waals surface area contributed by atoms with Gasteiger partial charge in [0.2, 0.25) is 0 Å². The van der Waals surface area contributed by atoms with Crippen molar-refractivity contribution in [3.05, 3.63) is 53.7 Å². The second-order valence-electron chi connectivity index (χ2n) is 6.29. The first-order chi connectivity index (χ1) is 13.2. The van der Waals surface area contributed by atoms with Gasteiger partial charge in [-0.1, -0.05) is 23.7 Å². The average Bonchev–Trinajstić information content (AvgIpc) is 3.17. The lowest BCUT2D eigenvalue weighted by Gasteiger charge is -2.30. The predicted octanol–water partition coefficient (Wildman–Crippen LogP) is 4.16. The van der Waals surface area contributed by atoms with Crippen LogP contribution in [0.25, 0.3) is 11.3 Å². The van der Waals surface area contributed by atoms with Crippen LogP contribution in [0.2, 0.25) is 5.02 Å². The smallest absolute Gasteiger partial charge is 0.299 e. The van der Waals surface area contributed by atoms with Crippen molar-refractivity contribution in [2.75, 3.05) is 43.5 Å². The molecular weight excluding hydrogens is 364 g/mol. The summed E-state index contributed by atoms with van der Waals surface area (Å²) in [4.78, 5) is 6.59. The third-order valence-corrected chi connectivity index (χ3v) is 4.82. The molecule has 0 spiro atoms. The van der Waals surface area contributed by atoms with E-state index in [-0.39, 0.29) is 0 Å². The summed E-state index contributed by atoms with van der Waals surface area (Å²) < 4.78 is 11.1. The molecule has 7 heteroatoms. The van der Waals surface area contributed by atoms with Gasteiger partial charge in [0.25, 0.3) is 6.01 Å². The molecule has 1 aliphatic rings. The van der Waals surface area contributed by atoms with Gasteiger partial charge in [0.1, 0.15) is 5.75 Å². The molecule has 6 nitrogen and oxygen atoms in total. The monoisotopic (exact) mass is 384 g/mol. The number of methoxy groups -OCH3 is 1. The van der Waals surface area contributed by atoms with Crippen molar-refractivity contribution in [1.29, 1.82) is 0 Å². The minimum Gasteiger partial charge on any atom is -0.497 e. The molecule has 140 valence electrons. The number of halogens is 1. The van der Waals surface area contributed by atoms with Crippen LogP contribution in [0.15, 0.2) is 53.1 Å². The molecule has 2 N–H and O–H groups in total. The molecule has 2 heterocycles. The molecule has 2 aromatic carbocycles. The molecule has 1 aliphatic heterocycles. The van der Waals surface area contributed by atoms with Gasteiger partial charge in [-0.3, -0.25) is 0 Å². The largest absolute Gasteiger partial charge is 0.497 e. The van der Waals surface area contributed by atoms with Crippen molar-refractivity contribution in [3.8, 4) is 17.1 Å². The van der Waals surface area contributed by atoms with E-state index in [1.54, 1.807) is 13.3 Å². The SMILES string of the molecule is COc1cccc(-c2cnc(Nc3ccc(N4CCNCC4)c(Cl)c3)o2)c1. The van der Waals surface area contributed by atoms with Gasteiger partial charge in [0.05, 0.1) is 24.0 Å². The Bertz CT molecular complexity index is 922. The van der Waals surface area contributed by atoms with Gasteiger partial charge in [-0.2, -0.15) is 0 Å². The highest BCUT2D eigenvalue weighted by Crippen LogP contribution is 2.31. The highest BCUT2D eigenvalue weighted by molar-refractivity contribution is 6.33. The van der Waals surface area contributed by atoms with Gasteiger partial charge in [0, 0.05) is 37.4 Å². The standard InChI is InChI=1S/C20H21ClN4O2/c1-26-16-4-2-3-14(11-16)19-13-23-20(27-19)24-15-5-6-18(17(21)12-15)25-9-7-22-8-10-25/h2-6,11-13,22H,7-10H2,1H3,(H,23,24). The van der Waals surface area contributed by atoms with Crippen LogP contribution in [0.3, 0.4) is 0 Å². The van der Waals surface area contributed by atoms with Crippen molar-refractivity contribution < 1.29 is 9.15 Å². The molecule has 4 rings (SSSR count). The lowest BCUT2D eigenvalue weighted by atomic mass is 10.2. The van der Waals surface area contributed by atoms with E-state index in [1.807, 2.05) is 42.5 Å². The van der Waals surface area contributed by atoms with E-state index in [2.05, 4.69) is 20.5 Å². The molecule has 0 amide bonds. The molecule has 27 heavy (non-hydrogen) atoms. The van der Waals surface area contributed by atoms with Crippen LogP contribution < -0.4 is 20.3 Å². The van der Waals surface area contributed by atoms with Crippen molar-refractivity contribution in [3.63, 3.8) is 0 Å². The van der Waals surface area contributed by atoms with Gasteiger partial charge in [-0.15, -0.1) is 0 Å². The Morgan fingerprint density at radius 1 is 1.19 bits per heavy atom. The summed E-state index contributed by atoms with van der Waals surface area (Å²) >= 11 is 6.50. The molecule has 0 saturated carbocycles. The summed E-state index contributed by atoms with van der Waals surface area (Å²) in [5.41, 5.74) is 2.79. The number of nitrogens with zero attached hydrogens (tertiary/aromatic N) is 2. The molecule has 0 radical (unpaired) electrons. The summed E-state index contributed by atoms with van der Waals surface area (Å²) in [7, 11) is 1.64. The van der Waals surface area contributed by atoms with Crippen molar-refractivity contribution in [2.24, 2.45) is 0 Å². The number of anilines is 3. The van der Waals surface area contributed by atoms with E-state index in [0.29, 0.717) is 16.8 Å². The number of ether oxygens (including phenoxy) is 1. The van der Waals surface area contributed by atoms with Gasteiger partial charge in [0.15, 0.2) is 5.76 Å². The number of aromatic nitrogens is 1. The highest BCUT2D eigenvalue weighted by Gasteiger charge is 2.14. The fourth-order valence-electron chi connectivity index (χ4n) is 3.11. The fraction of sp³-hybridized carbons (Fsp3) is 0.250. The number of piperazine rings is 1. The van der Waals surface area contributed by atoms with Crippen LogP contribution >= 0.6 is 11.6 Å². The summed E-state index contributed by atoms with van der Waals surface area (Å²) in [6.45, 7) is 3.85. The first-order valence-electron chi connectivity index (χ1n) is 8.85. The van der Waals surface area contributed by atoms with Crippen molar-refractivity contribution in [2.45, 2.75) is 0 Å². The van der Waals surface area contributed by atoms with Crippen LogP contribution in [0, 0.1) is 0 Å². The van der Waals surface area contributed by atoms with Crippen LogP contribution in [0.1, 0.15) is 0 Å². The van der Waals surface area contributed by atoms with Gasteiger partial charge >= 0.3 is 0 Å². The third-order valence-electron chi connectivity index (χ3n) is 4.52. The summed E-state index contributed by atoms with van der Waals surface area (Å²) in [5, 5.41) is 7.22. The maximum Gasteiger partial charge on any atom is 0.299 e. The Hall–Kier alpha value is -2.70. The molecule has 3 aromatic rings. The highest BCUT2D eigenvalue weighted by atomic mass is 35.5. The number of nitrogens with one attached hydrogen (secondary N) is 2. The lowest BCUT2D eigenvalue weighted by Crippen LogP contribution is -2.43. The van der Waals surface area contributed by atoms with Gasteiger partial charge in [-0.05, 0) is 30.3 Å². The van der Waals surface area contributed by atoms with Crippen molar-refractivity contribution >= 4 is 29.0 Å². The van der Waals surface area contributed by atoms with Crippen LogP contribution in [0.5, 0.6) is 5.75 Å². The number of hydrogen-bond acceptors (Lipinski definition) is 6. The van der Waals surface area contributed by atoms with E-state index < -0.39 is 0 Å². The second-order valence-corrected chi connectivity index (χ2v) is 6.70. The summed E-state index contributed by atoms with van der Waals surface area (Å²) in [6.07, 6.45) is 1.69. The minimum absolute atomic E-state index is 0.416. The van der Waals surface area contributed by atoms with E-state index >= 15 is 0 Å². The zero-order chi connectivity index (χ0) is 18.6. The zero-order valence-corrected chi connectivity index (χ0v) is 15.8. The van der Waals surface area contributed by atoms with Crippen LogP contribution in [0.4, 0.5) is 17.4 Å². The molecular formula is C20H21ClN4O2. The molecule has 0 bridgehead atoms. The van der Waals surface area contributed by atoms with E-state index in [9.17, 15) is 0 Å². The molecule has 0 unspecified atom stereocenters. The first kappa shape index (κ1) is 17.7. The predicted molar refractivity (Wildman–Crippen MR) is 108 cm³/mol. The topological polar surface area (TPSA) is 62.6 Å².